The van der Waals surface area contributed by atoms with E-state index in [1.54, 1.807) is 0 Å². The molecule has 0 fully saturated rings. The van der Waals surface area contributed by atoms with Gasteiger partial charge in [-0.15, -0.1) is 0 Å². The maximum Gasteiger partial charge on any atom is 0.0955 e. The molecule has 0 saturated heterocycles. The fourth-order valence-electron chi connectivity index (χ4n) is 2.00. The SMILES string of the molecule is CCCCNCCc1ccc2c(c1)ncn2C. The molecule has 1 aromatic carbocycles. The number of aryl methyl sites for hydroxylation is 1. The van der Waals surface area contributed by atoms with Gasteiger partial charge in [0.2, 0.25) is 0 Å². The average Bonchev–Trinajstić information content (AvgIpc) is 2.71. The number of rotatable bonds is 6. The van der Waals surface area contributed by atoms with Crippen LogP contribution in [0.15, 0.2) is 24.5 Å². The van der Waals surface area contributed by atoms with Gasteiger partial charge >= 0.3 is 0 Å². The van der Waals surface area contributed by atoms with E-state index < -0.39 is 0 Å². The zero-order valence-corrected chi connectivity index (χ0v) is 10.7. The zero-order chi connectivity index (χ0) is 12.1. The van der Waals surface area contributed by atoms with Crippen molar-refractivity contribution in [3.63, 3.8) is 0 Å². The Bertz CT molecular complexity index is 473. The summed E-state index contributed by atoms with van der Waals surface area (Å²) in [6.45, 7) is 4.40. The molecule has 0 spiro atoms. The van der Waals surface area contributed by atoms with Gasteiger partial charge in [-0.1, -0.05) is 19.4 Å². The monoisotopic (exact) mass is 231 g/mol. The molecule has 2 rings (SSSR count). The van der Waals surface area contributed by atoms with Crippen LogP contribution in [0.4, 0.5) is 0 Å². The molecular weight excluding hydrogens is 210 g/mol. The second-order valence-electron chi connectivity index (χ2n) is 4.53. The largest absolute Gasteiger partial charge is 0.334 e. The van der Waals surface area contributed by atoms with E-state index in [1.807, 2.05) is 13.4 Å². The first kappa shape index (κ1) is 12.1. The lowest BCUT2D eigenvalue weighted by Crippen LogP contribution is -2.18. The normalized spacial score (nSPS) is 11.2. The number of benzene rings is 1. The summed E-state index contributed by atoms with van der Waals surface area (Å²) in [6.07, 6.45) is 5.47. The highest BCUT2D eigenvalue weighted by molar-refractivity contribution is 5.75. The molecule has 3 heteroatoms. The Labute approximate surface area is 103 Å². The highest BCUT2D eigenvalue weighted by atomic mass is 15.0. The Morgan fingerprint density at radius 2 is 2.18 bits per heavy atom. The maximum atomic E-state index is 4.38. The Morgan fingerprint density at radius 3 is 3.00 bits per heavy atom. The number of hydrogen-bond donors (Lipinski definition) is 1. The molecule has 0 aliphatic rings. The molecule has 2 aromatic rings. The maximum absolute atomic E-state index is 4.38. The van der Waals surface area contributed by atoms with Crippen molar-refractivity contribution in [3.05, 3.63) is 30.1 Å². The van der Waals surface area contributed by atoms with Crippen LogP contribution in [0.2, 0.25) is 0 Å². The Balaban J connectivity index is 1.91. The van der Waals surface area contributed by atoms with E-state index in [0.717, 1.165) is 25.0 Å². The Morgan fingerprint density at radius 1 is 1.29 bits per heavy atom. The fourth-order valence-corrected chi connectivity index (χ4v) is 2.00. The Kier molecular flexibility index (Phi) is 4.15. The van der Waals surface area contributed by atoms with E-state index in [2.05, 4.69) is 40.0 Å². The predicted octanol–water partition coefficient (Wildman–Crippen LogP) is 2.51. The summed E-state index contributed by atoms with van der Waals surface area (Å²) in [5.41, 5.74) is 3.66. The number of fused-ring (bicyclic) bond motifs is 1. The summed E-state index contributed by atoms with van der Waals surface area (Å²) < 4.78 is 2.05. The molecule has 1 heterocycles. The number of hydrogen-bond acceptors (Lipinski definition) is 2. The smallest absolute Gasteiger partial charge is 0.0955 e. The minimum atomic E-state index is 1.05. The van der Waals surface area contributed by atoms with E-state index in [1.165, 1.54) is 23.9 Å². The third-order valence-corrected chi connectivity index (χ3v) is 3.09. The van der Waals surface area contributed by atoms with Gasteiger partial charge in [-0.25, -0.2) is 4.98 Å². The van der Waals surface area contributed by atoms with E-state index >= 15 is 0 Å². The van der Waals surface area contributed by atoms with E-state index in [4.69, 9.17) is 0 Å². The van der Waals surface area contributed by atoms with Crippen molar-refractivity contribution in [1.29, 1.82) is 0 Å². The second kappa shape index (κ2) is 5.82. The molecule has 0 aliphatic heterocycles. The third-order valence-electron chi connectivity index (χ3n) is 3.09. The predicted molar refractivity (Wildman–Crippen MR) is 72.2 cm³/mol. The van der Waals surface area contributed by atoms with Crippen molar-refractivity contribution in [1.82, 2.24) is 14.9 Å². The topological polar surface area (TPSA) is 29.9 Å². The lowest BCUT2D eigenvalue weighted by Gasteiger charge is -2.04. The molecule has 1 N–H and O–H groups in total. The van der Waals surface area contributed by atoms with Gasteiger partial charge in [-0.05, 0) is 43.6 Å². The molecule has 92 valence electrons. The lowest BCUT2D eigenvalue weighted by atomic mass is 10.1. The zero-order valence-electron chi connectivity index (χ0n) is 10.7. The molecule has 0 radical (unpaired) electrons. The van der Waals surface area contributed by atoms with E-state index in [-0.39, 0.29) is 0 Å². The molecule has 0 aliphatic carbocycles. The highest BCUT2D eigenvalue weighted by Crippen LogP contribution is 2.13. The summed E-state index contributed by atoms with van der Waals surface area (Å²) in [4.78, 5) is 4.38. The van der Waals surface area contributed by atoms with Crippen molar-refractivity contribution >= 4 is 11.0 Å². The number of imidazole rings is 1. The first-order valence-corrected chi connectivity index (χ1v) is 6.42. The van der Waals surface area contributed by atoms with Gasteiger partial charge in [0.15, 0.2) is 0 Å². The van der Waals surface area contributed by atoms with E-state index in [0.29, 0.717) is 0 Å². The van der Waals surface area contributed by atoms with Crippen LogP contribution < -0.4 is 5.32 Å². The summed E-state index contributed by atoms with van der Waals surface area (Å²) in [7, 11) is 2.03. The van der Waals surface area contributed by atoms with Crippen LogP contribution in [0.5, 0.6) is 0 Å². The van der Waals surface area contributed by atoms with Gasteiger partial charge < -0.3 is 9.88 Å². The van der Waals surface area contributed by atoms with Crippen LogP contribution in [0, 0.1) is 0 Å². The number of nitrogens with one attached hydrogen (secondary N) is 1. The van der Waals surface area contributed by atoms with Crippen LogP contribution in [-0.4, -0.2) is 22.6 Å². The van der Waals surface area contributed by atoms with Gasteiger partial charge in [0.05, 0.1) is 17.4 Å². The molecule has 0 atom stereocenters. The average molecular weight is 231 g/mol. The first-order chi connectivity index (χ1) is 8.31. The summed E-state index contributed by atoms with van der Waals surface area (Å²) in [5, 5.41) is 3.46. The minimum absolute atomic E-state index is 1.05. The van der Waals surface area contributed by atoms with Gasteiger partial charge in [-0.2, -0.15) is 0 Å². The van der Waals surface area contributed by atoms with Crippen molar-refractivity contribution in [2.75, 3.05) is 13.1 Å². The van der Waals surface area contributed by atoms with Crippen LogP contribution in [0.25, 0.3) is 11.0 Å². The lowest BCUT2D eigenvalue weighted by molar-refractivity contribution is 0.640. The summed E-state index contributed by atoms with van der Waals surface area (Å²) in [5.74, 6) is 0. The quantitative estimate of drug-likeness (QED) is 0.774. The standard InChI is InChI=1S/C14H21N3/c1-3-4-8-15-9-7-12-5-6-14-13(10-12)16-11-17(14)2/h5-6,10-11,15H,3-4,7-9H2,1-2H3. The van der Waals surface area contributed by atoms with Crippen molar-refractivity contribution in [2.45, 2.75) is 26.2 Å². The molecule has 0 unspecified atom stereocenters. The third kappa shape index (κ3) is 3.07. The number of unbranched alkanes of at least 4 members (excludes halogenated alkanes) is 1. The van der Waals surface area contributed by atoms with Crippen molar-refractivity contribution < 1.29 is 0 Å². The van der Waals surface area contributed by atoms with Gasteiger partial charge in [0, 0.05) is 7.05 Å². The number of aromatic nitrogens is 2. The van der Waals surface area contributed by atoms with Crippen LogP contribution in [0.3, 0.4) is 0 Å². The molecule has 3 nitrogen and oxygen atoms in total. The van der Waals surface area contributed by atoms with Crippen molar-refractivity contribution in [2.24, 2.45) is 7.05 Å². The number of nitrogens with zero attached hydrogens (tertiary/aromatic N) is 2. The molecule has 0 saturated carbocycles. The van der Waals surface area contributed by atoms with Crippen LogP contribution in [0.1, 0.15) is 25.3 Å². The fraction of sp³-hybridized carbons (Fsp3) is 0.500. The van der Waals surface area contributed by atoms with E-state index in [9.17, 15) is 0 Å². The summed E-state index contributed by atoms with van der Waals surface area (Å²) >= 11 is 0. The molecule has 0 bridgehead atoms. The van der Waals surface area contributed by atoms with Crippen molar-refractivity contribution in [3.8, 4) is 0 Å². The van der Waals surface area contributed by atoms with Gasteiger partial charge in [-0.3, -0.25) is 0 Å². The first-order valence-electron chi connectivity index (χ1n) is 6.42. The molecule has 0 amide bonds. The van der Waals surface area contributed by atoms with Crippen LogP contribution >= 0.6 is 0 Å². The Hall–Kier alpha value is -1.35. The minimum Gasteiger partial charge on any atom is -0.334 e. The van der Waals surface area contributed by atoms with Gasteiger partial charge in [0.25, 0.3) is 0 Å². The summed E-state index contributed by atoms with van der Waals surface area (Å²) in [6, 6.07) is 6.55. The second-order valence-corrected chi connectivity index (χ2v) is 4.53. The highest BCUT2D eigenvalue weighted by Gasteiger charge is 2.00. The molecule has 17 heavy (non-hydrogen) atoms. The molecule has 1 aromatic heterocycles. The van der Waals surface area contributed by atoms with Gasteiger partial charge in [0.1, 0.15) is 0 Å². The molecular formula is C14H21N3. The van der Waals surface area contributed by atoms with Crippen LogP contribution in [-0.2, 0) is 13.5 Å².